The second kappa shape index (κ2) is 9.62. The van der Waals surface area contributed by atoms with Gasteiger partial charge in [-0.25, -0.2) is 0 Å². The van der Waals surface area contributed by atoms with Gasteiger partial charge in [-0.2, -0.15) is 0 Å². The molecule has 104 valence electrons. The Hall–Kier alpha value is -1.39. The van der Waals surface area contributed by atoms with E-state index in [-0.39, 0.29) is 12.2 Å². The molecule has 0 saturated heterocycles. The third-order valence-corrected chi connectivity index (χ3v) is 2.71. The second-order valence-electron chi connectivity index (χ2n) is 4.18. The summed E-state index contributed by atoms with van der Waals surface area (Å²) in [7, 11) is 2.57. The fourth-order valence-electron chi connectivity index (χ4n) is 1.70. The number of ketones is 1. The molecule has 5 nitrogen and oxygen atoms in total. The Morgan fingerprint density at radius 1 is 1.06 bits per heavy atom. The number of hydrogen-bond acceptors (Lipinski definition) is 5. The summed E-state index contributed by atoms with van der Waals surface area (Å²) in [5.41, 5.74) is 0. The van der Waals surface area contributed by atoms with Gasteiger partial charge in [0.25, 0.3) is 0 Å². The topological polar surface area (TPSA) is 69.7 Å². The van der Waals surface area contributed by atoms with Crippen LogP contribution in [0.3, 0.4) is 0 Å². The summed E-state index contributed by atoms with van der Waals surface area (Å²) in [4.78, 5) is 33.9. The number of Topliss-reactive ketones (excluding diaryl/α,β-unsaturated/α-hetero) is 1. The lowest BCUT2D eigenvalue weighted by Gasteiger charge is -2.12. The molecule has 0 radical (unpaired) electrons. The summed E-state index contributed by atoms with van der Waals surface area (Å²) in [5, 5.41) is 0. The van der Waals surface area contributed by atoms with E-state index in [4.69, 9.17) is 0 Å². The van der Waals surface area contributed by atoms with Gasteiger partial charge in [-0.1, -0.05) is 6.92 Å². The summed E-state index contributed by atoms with van der Waals surface area (Å²) in [6, 6.07) is 0. The predicted octanol–water partition coefficient (Wildman–Crippen LogP) is 1.88. The van der Waals surface area contributed by atoms with Gasteiger partial charge in [0.05, 0.1) is 26.6 Å². The summed E-state index contributed by atoms with van der Waals surface area (Å²) < 4.78 is 9.16. The van der Waals surface area contributed by atoms with Gasteiger partial charge in [-0.3, -0.25) is 14.4 Å². The van der Waals surface area contributed by atoms with E-state index in [1.165, 1.54) is 14.2 Å². The molecule has 0 rings (SSSR count). The van der Waals surface area contributed by atoms with Crippen molar-refractivity contribution < 1.29 is 23.9 Å². The van der Waals surface area contributed by atoms with Crippen molar-refractivity contribution in [3.63, 3.8) is 0 Å². The number of esters is 2. The van der Waals surface area contributed by atoms with Crippen LogP contribution < -0.4 is 0 Å². The molecular weight excluding hydrogens is 236 g/mol. The highest BCUT2D eigenvalue weighted by molar-refractivity contribution is 5.80. The molecule has 0 heterocycles. The van der Waals surface area contributed by atoms with Crippen LogP contribution in [-0.4, -0.2) is 31.9 Å². The highest BCUT2D eigenvalue weighted by atomic mass is 16.5. The Morgan fingerprint density at radius 3 is 2.22 bits per heavy atom. The van der Waals surface area contributed by atoms with Crippen molar-refractivity contribution >= 4 is 17.7 Å². The molecule has 0 aliphatic heterocycles. The van der Waals surface area contributed by atoms with Crippen molar-refractivity contribution in [3.8, 4) is 0 Å². The monoisotopic (exact) mass is 258 g/mol. The minimum atomic E-state index is -0.517. The van der Waals surface area contributed by atoms with Crippen molar-refractivity contribution in [2.24, 2.45) is 5.92 Å². The largest absolute Gasteiger partial charge is 0.469 e. The van der Waals surface area contributed by atoms with E-state index in [2.05, 4.69) is 9.47 Å². The average Bonchev–Trinajstić information content (AvgIpc) is 2.36. The Kier molecular flexibility index (Phi) is 8.88. The van der Waals surface area contributed by atoms with Crippen LogP contribution in [0.15, 0.2) is 0 Å². The van der Waals surface area contributed by atoms with Crippen molar-refractivity contribution in [2.75, 3.05) is 14.2 Å². The fraction of sp³-hybridized carbons (Fsp3) is 0.769. The van der Waals surface area contributed by atoms with E-state index in [0.29, 0.717) is 25.7 Å². The summed E-state index contributed by atoms with van der Waals surface area (Å²) in [5.74, 6) is -1.19. The number of rotatable bonds is 9. The van der Waals surface area contributed by atoms with Gasteiger partial charge in [-0.05, 0) is 19.3 Å². The first-order chi connectivity index (χ1) is 8.54. The third kappa shape index (κ3) is 7.04. The van der Waals surface area contributed by atoms with Crippen LogP contribution in [-0.2, 0) is 23.9 Å². The van der Waals surface area contributed by atoms with Crippen molar-refractivity contribution in [2.45, 2.75) is 45.4 Å². The molecule has 1 atom stereocenters. The van der Waals surface area contributed by atoms with Gasteiger partial charge in [0, 0.05) is 12.8 Å². The minimum absolute atomic E-state index is 0.00510. The molecule has 18 heavy (non-hydrogen) atoms. The quantitative estimate of drug-likeness (QED) is 0.590. The maximum atomic E-state index is 11.4. The van der Waals surface area contributed by atoms with E-state index in [9.17, 15) is 14.4 Å². The molecule has 0 bridgehead atoms. The van der Waals surface area contributed by atoms with E-state index in [1.54, 1.807) is 0 Å². The first-order valence-electron chi connectivity index (χ1n) is 6.21. The van der Waals surface area contributed by atoms with Gasteiger partial charge in [0.15, 0.2) is 0 Å². The van der Waals surface area contributed by atoms with Crippen LogP contribution in [0.25, 0.3) is 0 Å². The molecule has 0 spiro atoms. The Morgan fingerprint density at radius 2 is 1.72 bits per heavy atom. The van der Waals surface area contributed by atoms with Crippen molar-refractivity contribution in [3.05, 3.63) is 0 Å². The molecule has 0 aliphatic carbocycles. The molecule has 0 aromatic rings. The molecule has 0 aromatic heterocycles. The van der Waals surface area contributed by atoms with Crippen LogP contribution in [0.4, 0.5) is 0 Å². The lowest BCUT2D eigenvalue weighted by molar-refractivity contribution is -0.152. The lowest BCUT2D eigenvalue weighted by Crippen LogP contribution is -2.21. The van der Waals surface area contributed by atoms with Crippen LogP contribution in [0, 0.1) is 5.92 Å². The minimum Gasteiger partial charge on any atom is -0.469 e. The Balaban J connectivity index is 4.13. The molecule has 0 aromatic carbocycles. The van der Waals surface area contributed by atoms with E-state index >= 15 is 0 Å². The standard InChI is InChI=1S/C13H22O5/c1-4-6-11(14)8-5-7-10(13(16)18-3)9-12(15)17-2/h10H,4-9H2,1-3H3. The number of ether oxygens (including phenoxy) is 2. The predicted molar refractivity (Wildman–Crippen MR) is 65.9 cm³/mol. The SMILES string of the molecule is CCCC(=O)CCCC(CC(=O)OC)C(=O)OC. The van der Waals surface area contributed by atoms with Crippen molar-refractivity contribution in [1.82, 2.24) is 0 Å². The maximum Gasteiger partial charge on any atom is 0.309 e. The number of hydrogen-bond donors (Lipinski definition) is 0. The van der Waals surface area contributed by atoms with E-state index in [0.717, 1.165) is 6.42 Å². The first kappa shape index (κ1) is 16.6. The Bertz CT molecular complexity index is 285. The number of methoxy groups -OCH3 is 2. The second-order valence-corrected chi connectivity index (χ2v) is 4.18. The molecule has 0 N–H and O–H groups in total. The smallest absolute Gasteiger partial charge is 0.309 e. The zero-order valence-electron chi connectivity index (χ0n) is 11.4. The highest BCUT2D eigenvalue weighted by Gasteiger charge is 2.22. The summed E-state index contributed by atoms with van der Waals surface area (Å²) >= 11 is 0. The Labute approximate surface area is 108 Å². The van der Waals surface area contributed by atoms with Crippen molar-refractivity contribution in [1.29, 1.82) is 0 Å². The van der Waals surface area contributed by atoms with Gasteiger partial charge < -0.3 is 9.47 Å². The van der Waals surface area contributed by atoms with E-state index in [1.807, 2.05) is 6.92 Å². The number of carbonyl (C=O) groups excluding carboxylic acids is 3. The van der Waals surface area contributed by atoms with Gasteiger partial charge >= 0.3 is 11.9 Å². The molecule has 0 aliphatic rings. The van der Waals surface area contributed by atoms with Crippen LogP contribution in [0.5, 0.6) is 0 Å². The van der Waals surface area contributed by atoms with Crippen LogP contribution in [0.1, 0.15) is 45.4 Å². The molecule has 0 saturated carbocycles. The average molecular weight is 258 g/mol. The molecule has 1 unspecified atom stereocenters. The van der Waals surface area contributed by atoms with Gasteiger partial charge in [-0.15, -0.1) is 0 Å². The zero-order valence-corrected chi connectivity index (χ0v) is 11.4. The summed E-state index contributed by atoms with van der Waals surface area (Å²) in [6.07, 6.45) is 2.92. The maximum absolute atomic E-state index is 11.4. The van der Waals surface area contributed by atoms with Crippen LogP contribution in [0.2, 0.25) is 0 Å². The molecule has 0 amide bonds. The molecular formula is C13H22O5. The molecule has 0 fully saturated rings. The van der Waals surface area contributed by atoms with Gasteiger partial charge in [0.2, 0.25) is 0 Å². The van der Waals surface area contributed by atoms with Gasteiger partial charge in [0.1, 0.15) is 5.78 Å². The lowest BCUT2D eigenvalue weighted by atomic mass is 9.97. The highest BCUT2D eigenvalue weighted by Crippen LogP contribution is 2.16. The normalized spacial score (nSPS) is 11.7. The van der Waals surface area contributed by atoms with E-state index < -0.39 is 17.9 Å². The molecule has 5 heteroatoms. The van der Waals surface area contributed by atoms with Crippen LogP contribution >= 0.6 is 0 Å². The number of carbonyl (C=O) groups is 3. The zero-order chi connectivity index (χ0) is 14.0. The first-order valence-corrected chi connectivity index (χ1v) is 6.21. The fourth-order valence-corrected chi connectivity index (χ4v) is 1.70. The summed E-state index contributed by atoms with van der Waals surface area (Å²) in [6.45, 7) is 1.95. The third-order valence-electron chi connectivity index (χ3n) is 2.71.